The minimum Gasteiger partial charge on any atom is -0.391 e. The van der Waals surface area contributed by atoms with Crippen molar-refractivity contribution in [1.29, 1.82) is 0 Å². The van der Waals surface area contributed by atoms with Gasteiger partial charge in [0.15, 0.2) is 9.20 Å². The minimum absolute atomic E-state index is 0.165. The van der Waals surface area contributed by atoms with Crippen LogP contribution >= 0.6 is 35.0 Å². The zero-order valence-corrected chi connectivity index (χ0v) is 17.2. The van der Waals surface area contributed by atoms with Gasteiger partial charge in [-0.15, -0.1) is 0 Å². The van der Waals surface area contributed by atoms with E-state index in [9.17, 15) is 5.11 Å². The first-order valence-electron chi connectivity index (χ1n) is 8.48. The molecule has 0 radical (unpaired) electrons. The highest BCUT2D eigenvalue weighted by Crippen LogP contribution is 2.59. The molecule has 0 saturated heterocycles. The van der Waals surface area contributed by atoms with Crippen molar-refractivity contribution in [2.45, 2.75) is 27.1 Å². The molecule has 0 fully saturated rings. The first-order valence-corrected chi connectivity index (χ1v) is 10.0. The summed E-state index contributed by atoms with van der Waals surface area (Å²) in [5, 5.41) is 9.39. The SMILES string of the molecule is CC(CN1c2ccccc2SC2(Cl)C=CC=CC12Cl)[N+](C)(C)CCO. The molecule has 3 nitrogen and oxygen atoms in total. The summed E-state index contributed by atoms with van der Waals surface area (Å²) in [5.74, 6) is 0. The first kappa shape index (κ1) is 19.1. The summed E-state index contributed by atoms with van der Waals surface area (Å²) in [4.78, 5) is 2.51. The largest absolute Gasteiger partial charge is 0.391 e. The van der Waals surface area contributed by atoms with Crippen LogP contribution in [0.15, 0.2) is 53.5 Å². The van der Waals surface area contributed by atoms with Crippen LogP contribution in [-0.4, -0.2) is 58.6 Å². The summed E-state index contributed by atoms with van der Waals surface area (Å²) >= 11 is 15.8. The Morgan fingerprint density at radius 3 is 2.60 bits per heavy atom. The molecule has 1 aromatic carbocycles. The number of fused-ring (bicyclic) bond motifs is 2. The van der Waals surface area contributed by atoms with Crippen molar-refractivity contribution < 1.29 is 9.59 Å². The fourth-order valence-corrected chi connectivity index (χ4v) is 5.38. The molecule has 2 aliphatic rings. The Balaban J connectivity index is 2.03. The van der Waals surface area contributed by atoms with E-state index in [0.717, 1.165) is 17.1 Å². The Morgan fingerprint density at radius 1 is 1.20 bits per heavy atom. The van der Waals surface area contributed by atoms with Crippen molar-refractivity contribution in [3.63, 3.8) is 0 Å². The van der Waals surface area contributed by atoms with Crippen LogP contribution in [-0.2, 0) is 0 Å². The van der Waals surface area contributed by atoms with Gasteiger partial charge in [-0.05, 0) is 31.2 Å². The van der Waals surface area contributed by atoms with Crippen LogP contribution in [0.3, 0.4) is 0 Å². The Labute approximate surface area is 164 Å². The number of hydrogen-bond donors (Lipinski definition) is 1. The van der Waals surface area contributed by atoms with Crippen LogP contribution < -0.4 is 4.90 Å². The van der Waals surface area contributed by atoms with Crippen molar-refractivity contribution in [2.24, 2.45) is 0 Å². The molecule has 6 heteroatoms. The molecule has 1 aromatic rings. The number of thioether (sulfide) groups is 1. The number of nitrogens with zero attached hydrogens (tertiary/aromatic N) is 2. The van der Waals surface area contributed by atoms with Crippen LogP contribution in [0.4, 0.5) is 5.69 Å². The van der Waals surface area contributed by atoms with Gasteiger partial charge < -0.3 is 14.5 Å². The quantitative estimate of drug-likeness (QED) is 0.458. The van der Waals surface area contributed by atoms with Gasteiger partial charge in [0.25, 0.3) is 0 Å². The normalized spacial score (nSPS) is 29.3. The molecule has 1 aliphatic heterocycles. The average Bonchev–Trinajstić information content (AvgIpc) is 2.55. The lowest BCUT2D eigenvalue weighted by Crippen LogP contribution is -2.62. The second kappa shape index (κ2) is 6.82. The van der Waals surface area contributed by atoms with Gasteiger partial charge >= 0.3 is 0 Å². The van der Waals surface area contributed by atoms with E-state index in [0.29, 0.717) is 11.0 Å². The number of halogens is 2. The third-order valence-corrected chi connectivity index (χ3v) is 8.13. The van der Waals surface area contributed by atoms with E-state index in [1.807, 2.05) is 36.4 Å². The predicted molar refractivity (Wildman–Crippen MR) is 109 cm³/mol. The maximum Gasteiger partial charge on any atom is 0.167 e. The van der Waals surface area contributed by atoms with E-state index < -0.39 is 9.20 Å². The number of hydrogen-bond acceptors (Lipinski definition) is 3. The molecule has 136 valence electrons. The average molecular weight is 400 g/mol. The molecule has 3 atom stereocenters. The number of aliphatic hydroxyl groups is 1. The van der Waals surface area contributed by atoms with E-state index in [1.165, 1.54) is 0 Å². The molecule has 1 N–H and O–H groups in total. The number of benzene rings is 1. The molecule has 0 saturated carbocycles. The number of alkyl halides is 2. The molecule has 1 heterocycles. The highest BCUT2D eigenvalue weighted by Gasteiger charge is 2.56. The second-order valence-electron chi connectivity index (χ2n) is 7.29. The third kappa shape index (κ3) is 3.24. The van der Waals surface area contributed by atoms with Gasteiger partial charge in [0.1, 0.15) is 12.6 Å². The number of aliphatic hydroxyl groups excluding tert-OH is 1. The summed E-state index contributed by atoms with van der Waals surface area (Å²) in [7, 11) is 4.27. The summed E-state index contributed by atoms with van der Waals surface area (Å²) in [6.07, 6.45) is 7.90. The lowest BCUT2D eigenvalue weighted by atomic mass is 10.0. The molecule has 25 heavy (non-hydrogen) atoms. The number of allylic oxidation sites excluding steroid dienone is 2. The third-order valence-electron chi connectivity index (χ3n) is 5.34. The summed E-state index contributed by atoms with van der Waals surface area (Å²) in [6, 6.07) is 8.53. The van der Waals surface area contributed by atoms with Crippen LogP contribution in [0.5, 0.6) is 0 Å². The van der Waals surface area contributed by atoms with Gasteiger partial charge in [-0.3, -0.25) is 0 Å². The second-order valence-corrected chi connectivity index (χ2v) is 9.98. The standard InChI is InChI=1S/C19H25Cl2N2OS/c1-15(23(2,3)12-13-24)14-22-16-8-4-5-9-17(16)25-19(21)11-7-6-10-18(19,22)20/h4-11,15,24H,12-14H2,1-3H3/q+1. The molecule has 0 bridgehead atoms. The zero-order valence-electron chi connectivity index (χ0n) is 14.8. The van der Waals surface area contributed by atoms with Crippen molar-refractivity contribution in [1.82, 2.24) is 0 Å². The fraction of sp³-hybridized carbons (Fsp3) is 0.474. The maximum absolute atomic E-state index is 9.39. The predicted octanol–water partition coefficient (Wildman–Crippen LogP) is 4.05. The van der Waals surface area contributed by atoms with Crippen LogP contribution in [0.1, 0.15) is 6.92 Å². The van der Waals surface area contributed by atoms with Crippen molar-refractivity contribution >= 4 is 40.7 Å². The summed E-state index contributed by atoms with van der Waals surface area (Å²) in [6.45, 7) is 3.79. The first-order chi connectivity index (χ1) is 11.7. The van der Waals surface area contributed by atoms with E-state index in [4.69, 9.17) is 23.2 Å². The number of para-hydroxylation sites is 1. The minimum atomic E-state index is -0.837. The monoisotopic (exact) mass is 399 g/mol. The van der Waals surface area contributed by atoms with Gasteiger partial charge in [-0.1, -0.05) is 59.2 Å². The smallest absolute Gasteiger partial charge is 0.167 e. The lowest BCUT2D eigenvalue weighted by Gasteiger charge is -2.53. The summed E-state index contributed by atoms with van der Waals surface area (Å²) < 4.78 is -0.0460. The molecule has 3 unspecified atom stereocenters. The van der Waals surface area contributed by atoms with E-state index in [2.05, 4.69) is 38.1 Å². The Hall–Kier alpha value is -0.650. The number of anilines is 1. The molecule has 3 rings (SSSR count). The molecule has 1 aliphatic carbocycles. The van der Waals surface area contributed by atoms with Gasteiger partial charge in [-0.2, -0.15) is 0 Å². The van der Waals surface area contributed by atoms with Gasteiger partial charge in [0, 0.05) is 4.90 Å². The fourth-order valence-electron chi connectivity index (χ4n) is 3.27. The Kier molecular flexibility index (Phi) is 5.22. The lowest BCUT2D eigenvalue weighted by molar-refractivity contribution is -0.911. The maximum atomic E-state index is 9.39. The molecule has 0 amide bonds. The topological polar surface area (TPSA) is 23.5 Å². The van der Waals surface area contributed by atoms with E-state index in [-0.39, 0.29) is 12.6 Å². The molecule has 0 aromatic heterocycles. The van der Waals surface area contributed by atoms with Crippen LogP contribution in [0.2, 0.25) is 0 Å². The highest BCUT2D eigenvalue weighted by molar-refractivity contribution is 8.02. The van der Waals surface area contributed by atoms with E-state index >= 15 is 0 Å². The Bertz CT molecular complexity index is 708. The van der Waals surface area contributed by atoms with Crippen molar-refractivity contribution in [2.75, 3.05) is 38.7 Å². The Morgan fingerprint density at radius 2 is 1.88 bits per heavy atom. The number of likely N-dealkylation sites (N-methyl/N-ethyl adjacent to an activating group) is 1. The summed E-state index contributed by atoms with van der Waals surface area (Å²) in [5.41, 5.74) is 1.11. The number of quaternary nitrogens is 1. The molecular weight excluding hydrogens is 375 g/mol. The molecule has 0 spiro atoms. The van der Waals surface area contributed by atoms with Gasteiger partial charge in [-0.25, -0.2) is 0 Å². The van der Waals surface area contributed by atoms with Crippen LogP contribution in [0, 0.1) is 0 Å². The van der Waals surface area contributed by atoms with Gasteiger partial charge in [0.05, 0.1) is 32.9 Å². The van der Waals surface area contributed by atoms with E-state index in [1.54, 1.807) is 11.8 Å². The van der Waals surface area contributed by atoms with Crippen molar-refractivity contribution in [3.05, 3.63) is 48.6 Å². The van der Waals surface area contributed by atoms with Crippen LogP contribution in [0.25, 0.3) is 0 Å². The number of rotatable bonds is 5. The van der Waals surface area contributed by atoms with Crippen molar-refractivity contribution in [3.8, 4) is 0 Å². The highest BCUT2D eigenvalue weighted by atomic mass is 35.5. The zero-order chi connectivity index (χ0) is 18.3. The molecular formula is C19H25Cl2N2OS+. The van der Waals surface area contributed by atoms with Gasteiger partial charge in [0.2, 0.25) is 0 Å².